The van der Waals surface area contributed by atoms with Crippen molar-refractivity contribution in [1.29, 1.82) is 0 Å². The van der Waals surface area contributed by atoms with E-state index in [1.165, 1.54) is 6.92 Å². The Balaban J connectivity index is 1.61. The molecule has 2 N–H and O–H groups in total. The van der Waals surface area contributed by atoms with Gasteiger partial charge in [-0.2, -0.15) is 0 Å². The summed E-state index contributed by atoms with van der Waals surface area (Å²) in [5.74, 6) is 0.134. The molecular weight excluding hydrogens is 464 g/mol. The van der Waals surface area contributed by atoms with Crippen molar-refractivity contribution in [1.82, 2.24) is 0 Å². The summed E-state index contributed by atoms with van der Waals surface area (Å²) in [7, 11) is 0. The molecule has 1 unspecified atom stereocenters. The lowest BCUT2D eigenvalue weighted by Gasteiger charge is -2.64. The van der Waals surface area contributed by atoms with E-state index in [0.29, 0.717) is 30.3 Å². The van der Waals surface area contributed by atoms with Crippen LogP contribution in [0.1, 0.15) is 113 Å². The van der Waals surface area contributed by atoms with Crippen molar-refractivity contribution < 1.29 is 24.5 Å². The maximum atomic E-state index is 11.8. The van der Waals surface area contributed by atoms with E-state index in [-0.39, 0.29) is 39.7 Å². The van der Waals surface area contributed by atoms with Gasteiger partial charge in [0, 0.05) is 17.9 Å². The van der Waals surface area contributed by atoms with Crippen LogP contribution in [0, 0.1) is 39.4 Å². The molecule has 3 fully saturated rings. The fraction of sp³-hybridized carbons (Fsp3) is 0.812. The normalized spacial score (nSPS) is 42.5. The van der Waals surface area contributed by atoms with Crippen molar-refractivity contribution in [2.45, 2.75) is 125 Å². The fourth-order valence-electron chi connectivity index (χ4n) is 9.93. The Hall–Kier alpha value is -1.62. The molecule has 208 valence electrons. The largest absolute Gasteiger partial charge is 0.478 e. The number of carboxylic acid groups (broad SMARTS) is 1. The summed E-state index contributed by atoms with van der Waals surface area (Å²) < 4.78 is 5.83. The summed E-state index contributed by atoms with van der Waals surface area (Å²) in [6, 6.07) is 0. The van der Waals surface area contributed by atoms with Crippen molar-refractivity contribution in [2.24, 2.45) is 39.4 Å². The smallest absolute Gasteiger partial charge is 0.330 e. The molecule has 0 radical (unpaired) electrons. The fourth-order valence-corrected chi connectivity index (χ4v) is 9.93. The number of hydrogen-bond donors (Lipinski definition) is 2. The number of fused-ring (bicyclic) bond motifs is 5. The number of carbonyl (C=O) groups is 2. The summed E-state index contributed by atoms with van der Waals surface area (Å²) in [4.78, 5) is 23.0. The van der Waals surface area contributed by atoms with Crippen molar-refractivity contribution >= 4 is 11.9 Å². The van der Waals surface area contributed by atoms with Gasteiger partial charge in [-0.3, -0.25) is 4.79 Å². The van der Waals surface area contributed by atoms with Gasteiger partial charge in [-0.1, -0.05) is 52.3 Å². The summed E-state index contributed by atoms with van der Waals surface area (Å²) in [5.41, 5.74) is 1.34. The van der Waals surface area contributed by atoms with Crippen LogP contribution >= 0.6 is 0 Å². The Bertz CT molecular complexity index is 1000. The van der Waals surface area contributed by atoms with Gasteiger partial charge in [0.15, 0.2) is 0 Å². The predicted octanol–water partition coefficient (Wildman–Crippen LogP) is 7.09. The maximum Gasteiger partial charge on any atom is 0.330 e. The molecule has 0 spiro atoms. The second-order valence-corrected chi connectivity index (χ2v) is 14.4. The van der Waals surface area contributed by atoms with E-state index in [9.17, 15) is 19.8 Å². The van der Waals surface area contributed by atoms with Gasteiger partial charge in [-0.05, 0) is 106 Å². The van der Waals surface area contributed by atoms with Crippen molar-refractivity contribution in [2.75, 3.05) is 0 Å². The second-order valence-electron chi connectivity index (χ2n) is 14.4. The molecule has 4 aliphatic carbocycles. The minimum absolute atomic E-state index is 0.0120. The third-order valence-corrected chi connectivity index (χ3v) is 12.3. The van der Waals surface area contributed by atoms with E-state index in [4.69, 9.17) is 4.74 Å². The molecule has 37 heavy (non-hydrogen) atoms. The van der Waals surface area contributed by atoms with Crippen LogP contribution in [0.5, 0.6) is 0 Å². The van der Waals surface area contributed by atoms with Crippen LogP contribution in [0.2, 0.25) is 0 Å². The third-order valence-electron chi connectivity index (χ3n) is 12.3. The molecule has 0 aromatic carbocycles. The Morgan fingerprint density at radius 1 is 1.08 bits per heavy atom. The highest BCUT2D eigenvalue weighted by atomic mass is 16.5. The molecule has 0 aromatic heterocycles. The van der Waals surface area contributed by atoms with Crippen LogP contribution < -0.4 is 0 Å². The molecule has 0 aliphatic heterocycles. The minimum atomic E-state index is -0.889. The molecule has 5 nitrogen and oxygen atoms in total. The van der Waals surface area contributed by atoms with E-state index in [2.05, 4.69) is 40.7 Å². The molecule has 0 heterocycles. The van der Waals surface area contributed by atoms with Crippen LogP contribution in [-0.4, -0.2) is 33.9 Å². The number of carboxylic acids is 1. The predicted molar refractivity (Wildman–Crippen MR) is 146 cm³/mol. The number of hydrogen-bond acceptors (Lipinski definition) is 4. The highest BCUT2D eigenvalue weighted by Crippen LogP contribution is 2.73. The topological polar surface area (TPSA) is 83.8 Å². The lowest BCUT2D eigenvalue weighted by Crippen LogP contribution is -2.59. The van der Waals surface area contributed by atoms with Crippen LogP contribution in [0.4, 0.5) is 0 Å². The van der Waals surface area contributed by atoms with Gasteiger partial charge in [0.2, 0.25) is 0 Å². The Morgan fingerprint density at radius 3 is 2.38 bits per heavy atom. The van der Waals surface area contributed by atoms with Crippen LogP contribution in [0.3, 0.4) is 0 Å². The van der Waals surface area contributed by atoms with Gasteiger partial charge in [0.05, 0.1) is 5.60 Å². The molecule has 3 saturated carbocycles. The van der Waals surface area contributed by atoms with E-state index < -0.39 is 11.6 Å². The Labute approximate surface area is 224 Å². The van der Waals surface area contributed by atoms with Crippen LogP contribution in [0.25, 0.3) is 0 Å². The van der Waals surface area contributed by atoms with E-state index in [1.807, 2.05) is 6.92 Å². The molecule has 5 heteroatoms. The van der Waals surface area contributed by atoms with Gasteiger partial charge >= 0.3 is 11.9 Å². The molecule has 0 aromatic rings. The second kappa shape index (κ2) is 9.24. The first-order valence-electron chi connectivity index (χ1n) is 14.5. The van der Waals surface area contributed by atoms with Crippen molar-refractivity contribution in [3.63, 3.8) is 0 Å². The zero-order valence-electron chi connectivity index (χ0n) is 24.4. The summed E-state index contributed by atoms with van der Waals surface area (Å²) >= 11 is 0. The summed E-state index contributed by atoms with van der Waals surface area (Å²) in [5, 5.41) is 20.9. The highest BCUT2D eigenvalue weighted by Gasteiger charge is 2.67. The average Bonchev–Trinajstić information content (AvgIpc) is 3.07. The summed E-state index contributed by atoms with van der Waals surface area (Å²) in [6.45, 7) is 17.1. The number of aliphatic hydroxyl groups is 1. The third kappa shape index (κ3) is 4.32. The molecular formula is C32H50O5. The van der Waals surface area contributed by atoms with E-state index >= 15 is 0 Å². The number of aliphatic carboxylic acids is 1. The highest BCUT2D eigenvalue weighted by molar-refractivity contribution is 5.85. The lowest BCUT2D eigenvalue weighted by atomic mass is 9.41. The quantitative estimate of drug-likeness (QED) is 0.225. The summed E-state index contributed by atoms with van der Waals surface area (Å²) in [6.07, 6.45) is 12.8. The maximum absolute atomic E-state index is 11.8. The standard InChI is InChI=1S/C32H50O5/c1-20(27(34)35)10-9-16-32(8,36)25-14-19-30(6)23-11-12-24-28(3,4)26(37-21(2)33)15-17-29(24,5)22(23)13-18-31(25,30)7/h10-11,22,24-26,36H,9,12-19H2,1-8H3,(H,34,35)/b20-10+/t22-,24?,25-,26+,29+,30-,31+,32-/m0/s1. The van der Waals surface area contributed by atoms with E-state index in [0.717, 1.165) is 44.9 Å². The van der Waals surface area contributed by atoms with Crippen molar-refractivity contribution in [3.05, 3.63) is 23.3 Å². The van der Waals surface area contributed by atoms with Gasteiger partial charge < -0.3 is 14.9 Å². The molecule has 4 rings (SSSR count). The zero-order valence-corrected chi connectivity index (χ0v) is 24.4. The monoisotopic (exact) mass is 514 g/mol. The SMILES string of the molecule is CC(=O)O[C@@H]1CC[C@@]2(C)C(CC=C3[C@@H]2CC[C@]2(C)[C@@H]([C@@](C)(O)CC/C=C(\C)C(=O)O)CC[C@@]32C)C1(C)C. The first kappa shape index (κ1) is 28.4. The molecule has 0 bridgehead atoms. The van der Waals surface area contributed by atoms with E-state index in [1.54, 1.807) is 18.6 Å². The number of rotatable bonds is 6. The van der Waals surface area contributed by atoms with Crippen LogP contribution in [0.15, 0.2) is 23.3 Å². The molecule has 4 aliphatic rings. The van der Waals surface area contributed by atoms with Gasteiger partial charge in [0.1, 0.15) is 6.10 Å². The Kier molecular flexibility index (Phi) is 7.09. The number of ether oxygens (including phenoxy) is 1. The van der Waals surface area contributed by atoms with Gasteiger partial charge in [0.25, 0.3) is 0 Å². The molecule has 0 amide bonds. The van der Waals surface area contributed by atoms with Crippen LogP contribution in [-0.2, 0) is 14.3 Å². The van der Waals surface area contributed by atoms with Gasteiger partial charge in [-0.25, -0.2) is 4.79 Å². The van der Waals surface area contributed by atoms with Gasteiger partial charge in [-0.15, -0.1) is 0 Å². The van der Waals surface area contributed by atoms with Crippen molar-refractivity contribution in [3.8, 4) is 0 Å². The first-order valence-corrected chi connectivity index (χ1v) is 14.5. The minimum Gasteiger partial charge on any atom is -0.478 e. The average molecular weight is 515 g/mol. The Morgan fingerprint density at radius 2 is 1.76 bits per heavy atom. The number of allylic oxidation sites excluding steroid dienone is 3. The number of carbonyl (C=O) groups excluding carboxylic acids is 1. The first-order chi connectivity index (χ1) is 17.0. The molecule has 8 atom stereocenters. The lowest BCUT2D eigenvalue weighted by molar-refractivity contribution is -0.175. The number of esters is 1. The molecule has 0 saturated heterocycles. The zero-order chi connectivity index (χ0) is 27.6.